The summed E-state index contributed by atoms with van der Waals surface area (Å²) >= 11 is 0. The van der Waals surface area contributed by atoms with Crippen molar-refractivity contribution in [2.24, 2.45) is 0 Å². The average molecular weight is 292 g/mol. The van der Waals surface area contributed by atoms with E-state index in [-0.39, 0.29) is 73.6 Å². The first-order valence-electron chi connectivity index (χ1n) is 1.41. The Labute approximate surface area is 91.0 Å². The Bertz CT molecular complexity index is 15.5. The maximum Gasteiger partial charge on any atom is 0.0483 e. The predicted molar refractivity (Wildman–Crippen MR) is 17.4 cm³/mol. The maximum absolute atomic E-state index is 8.06. The average Bonchev–Trinajstić information content (AvgIpc) is 0.811. The number of rotatable bonds is 0. The summed E-state index contributed by atoms with van der Waals surface area (Å²) in [5, 5.41) is 8.06. The summed E-state index contributed by atoms with van der Waals surface area (Å²) in [6.45, 7) is 3.44. The van der Waals surface area contributed by atoms with Crippen molar-refractivity contribution in [3.05, 3.63) is 0 Å². The number of hydrogen-bond acceptors (Lipinski definition) is 1. The number of aliphatic hydroxyl groups excluding tert-OH is 1. The van der Waals surface area contributed by atoms with Crippen LogP contribution in [0.2, 0.25) is 0 Å². The molecule has 1 nitrogen and oxygen atoms in total. The van der Waals surface area contributed by atoms with E-state index < -0.39 is 0 Å². The van der Waals surface area contributed by atoms with E-state index in [1.807, 2.05) is 0 Å². The summed E-state index contributed by atoms with van der Waals surface area (Å²) < 4.78 is 0. The van der Waals surface area contributed by atoms with Gasteiger partial charge in [0.15, 0.2) is 0 Å². The van der Waals surface area contributed by atoms with E-state index in [0.29, 0.717) is 0 Å². The molecule has 0 bridgehead atoms. The molecule has 0 atom stereocenters. The smallest absolute Gasteiger partial charge is 0.0483 e. The minimum absolute atomic E-state index is 0. The molecule has 0 aliphatic heterocycles. The Morgan fingerprint density at radius 1 is 1.33 bits per heavy atom. The molecule has 0 spiro atoms. The zero-order valence-electron chi connectivity index (χ0n) is 4.10. The van der Waals surface area contributed by atoms with Crippen LogP contribution in [-0.4, -0.2) is 11.2 Å². The molecule has 0 aliphatic carbocycles. The van der Waals surface area contributed by atoms with E-state index in [2.05, 4.69) is 0 Å². The molecular weight excluding hydrogens is 284 g/mol. The molecule has 0 rings (SSSR count). The molecule has 0 aromatic rings. The Balaban J connectivity index is -0.0000000450. The Hall–Kier alpha value is 2.21. The number of hydrogen-bond donors (Lipinski definition) is 1. The summed E-state index contributed by atoms with van der Waals surface area (Å²) in [6.07, 6.45) is -0.167. The standard InChI is InChI=1S/C3H8O.Pr.Zr/c1-3(2)4;;/h3-4H,1-2H3;;. The molecule has 0 aliphatic rings. The summed E-state index contributed by atoms with van der Waals surface area (Å²) in [7, 11) is 0. The van der Waals surface area contributed by atoms with Crippen molar-refractivity contribution in [1.82, 2.24) is 0 Å². The van der Waals surface area contributed by atoms with Gasteiger partial charge >= 0.3 is 0 Å². The van der Waals surface area contributed by atoms with Crippen LogP contribution in [0.1, 0.15) is 13.8 Å². The van der Waals surface area contributed by atoms with Gasteiger partial charge in [-0.3, -0.25) is 0 Å². The zero-order chi connectivity index (χ0) is 3.58. The third kappa shape index (κ3) is 34.6. The van der Waals surface area contributed by atoms with Crippen molar-refractivity contribution in [2.45, 2.75) is 20.0 Å². The van der Waals surface area contributed by atoms with Crippen LogP contribution in [0.5, 0.6) is 0 Å². The third-order valence-electron chi connectivity index (χ3n) is 0. The van der Waals surface area contributed by atoms with Gasteiger partial charge in [0.2, 0.25) is 0 Å². The molecule has 0 unspecified atom stereocenters. The Kier molecular flexibility index (Phi) is 26.8. The van der Waals surface area contributed by atoms with Crippen LogP contribution in [0.15, 0.2) is 0 Å². The van der Waals surface area contributed by atoms with Gasteiger partial charge in [0.1, 0.15) is 0 Å². The second kappa shape index (κ2) is 10.2. The van der Waals surface area contributed by atoms with Gasteiger partial charge in [-0.15, -0.1) is 0 Å². The maximum atomic E-state index is 8.06. The molecule has 0 amide bonds. The normalized spacial score (nSPS) is 6.00. The number of aliphatic hydroxyl groups is 1. The van der Waals surface area contributed by atoms with Crippen LogP contribution < -0.4 is 0 Å². The third-order valence-corrected chi connectivity index (χ3v) is 0. The van der Waals surface area contributed by atoms with Gasteiger partial charge in [0.05, 0.1) is 0 Å². The van der Waals surface area contributed by atoms with E-state index in [1.165, 1.54) is 0 Å². The molecule has 0 saturated carbocycles. The van der Waals surface area contributed by atoms with Crippen molar-refractivity contribution in [3.63, 3.8) is 0 Å². The summed E-state index contributed by atoms with van der Waals surface area (Å²) in [5.74, 6) is 0. The minimum Gasteiger partial charge on any atom is -0.394 e. The molecule has 6 heavy (non-hydrogen) atoms. The summed E-state index contributed by atoms with van der Waals surface area (Å²) in [6, 6.07) is 0. The second-order valence-corrected chi connectivity index (χ2v) is 1.09. The SMILES string of the molecule is CC(C)O.[Pr].[Zr]. The van der Waals surface area contributed by atoms with Crippen LogP contribution in [0.3, 0.4) is 0 Å². The van der Waals surface area contributed by atoms with Gasteiger partial charge in [-0.25, -0.2) is 0 Å². The molecule has 3 heteroatoms. The van der Waals surface area contributed by atoms with Crippen molar-refractivity contribution >= 4 is 0 Å². The van der Waals surface area contributed by atoms with Crippen LogP contribution >= 0.6 is 0 Å². The largest absolute Gasteiger partial charge is 0.394 e. The predicted octanol–water partition coefficient (Wildman–Crippen LogP) is 0.385. The topological polar surface area (TPSA) is 20.2 Å². The molecule has 1 N–H and O–H groups in total. The monoisotopic (exact) mass is 291 g/mol. The van der Waals surface area contributed by atoms with Gasteiger partial charge in [0, 0.05) is 73.6 Å². The zero-order valence-corrected chi connectivity index (χ0v) is 10.3. The Morgan fingerprint density at radius 2 is 1.33 bits per heavy atom. The molecule has 0 heterocycles. The van der Waals surface area contributed by atoms with E-state index in [9.17, 15) is 0 Å². The van der Waals surface area contributed by atoms with Crippen LogP contribution in [0.25, 0.3) is 0 Å². The molecule has 0 aromatic carbocycles. The quantitative estimate of drug-likeness (QED) is 0.684. The molecular formula is C3H8OPrZr. The first-order valence-corrected chi connectivity index (χ1v) is 1.41. The summed E-state index contributed by atoms with van der Waals surface area (Å²) in [5.41, 5.74) is 0. The fraction of sp³-hybridized carbons (Fsp3) is 1.00. The van der Waals surface area contributed by atoms with Crippen molar-refractivity contribution in [3.8, 4) is 0 Å². The fourth-order valence-corrected chi connectivity index (χ4v) is 0. The fourth-order valence-electron chi connectivity index (χ4n) is 0. The molecule has 0 fully saturated rings. The molecule has 0 saturated heterocycles. The minimum atomic E-state index is -0.167. The van der Waals surface area contributed by atoms with E-state index in [0.717, 1.165) is 0 Å². The van der Waals surface area contributed by atoms with Crippen LogP contribution in [-0.2, 0) is 26.2 Å². The van der Waals surface area contributed by atoms with Crippen LogP contribution in [0.4, 0.5) is 0 Å². The first kappa shape index (κ1) is 15.7. The second-order valence-electron chi connectivity index (χ2n) is 1.09. The van der Waals surface area contributed by atoms with Gasteiger partial charge in [-0.2, -0.15) is 0 Å². The molecule has 0 aromatic heterocycles. The van der Waals surface area contributed by atoms with Crippen LogP contribution in [0, 0.1) is 41.3 Å². The van der Waals surface area contributed by atoms with Gasteiger partial charge < -0.3 is 5.11 Å². The van der Waals surface area contributed by atoms with Gasteiger partial charge in [0.25, 0.3) is 0 Å². The molecule has 33 valence electrons. The van der Waals surface area contributed by atoms with E-state index in [1.54, 1.807) is 13.8 Å². The van der Waals surface area contributed by atoms with Crippen molar-refractivity contribution in [2.75, 3.05) is 0 Å². The van der Waals surface area contributed by atoms with Crippen molar-refractivity contribution in [1.29, 1.82) is 0 Å². The summed E-state index contributed by atoms with van der Waals surface area (Å²) in [4.78, 5) is 0. The van der Waals surface area contributed by atoms with E-state index >= 15 is 0 Å². The molecule has 1 radical (unpaired) electrons. The van der Waals surface area contributed by atoms with Crippen molar-refractivity contribution < 1.29 is 72.6 Å². The Morgan fingerprint density at radius 3 is 1.33 bits per heavy atom. The first-order chi connectivity index (χ1) is 1.73. The van der Waals surface area contributed by atoms with E-state index in [4.69, 9.17) is 5.11 Å². The van der Waals surface area contributed by atoms with Gasteiger partial charge in [-0.05, 0) is 13.8 Å². The van der Waals surface area contributed by atoms with Gasteiger partial charge in [-0.1, -0.05) is 0 Å².